The van der Waals surface area contributed by atoms with Gasteiger partial charge in [-0.2, -0.15) is 0 Å². The van der Waals surface area contributed by atoms with E-state index >= 15 is 0 Å². The summed E-state index contributed by atoms with van der Waals surface area (Å²) in [4.78, 5) is 14.5. The number of carbonyl (C=O) groups excluding carboxylic acids is 1. The van der Waals surface area contributed by atoms with Crippen LogP contribution in [0.25, 0.3) is 0 Å². The SMILES string of the molecule is CCOC(=O)C(C)(CCN1CCS(=O)CC1)NC1CC1. The molecule has 0 aromatic heterocycles. The number of rotatable bonds is 7. The number of esters is 1. The van der Waals surface area contributed by atoms with Crippen molar-refractivity contribution in [2.24, 2.45) is 0 Å². The normalized spacial score (nSPS) is 24.3. The topological polar surface area (TPSA) is 58.6 Å². The quantitative estimate of drug-likeness (QED) is 0.695. The van der Waals surface area contributed by atoms with E-state index in [9.17, 15) is 9.00 Å². The van der Waals surface area contributed by atoms with Gasteiger partial charge in [-0.25, -0.2) is 0 Å². The Bertz CT molecular complexity index is 363. The van der Waals surface area contributed by atoms with Crippen LogP contribution in [0, 0.1) is 0 Å². The zero-order chi connectivity index (χ0) is 14.6. The van der Waals surface area contributed by atoms with Gasteiger partial charge in [0.25, 0.3) is 0 Å². The van der Waals surface area contributed by atoms with Gasteiger partial charge in [0.2, 0.25) is 0 Å². The van der Waals surface area contributed by atoms with E-state index in [1.807, 2.05) is 13.8 Å². The third-order valence-electron chi connectivity index (χ3n) is 4.02. The molecule has 0 amide bonds. The fourth-order valence-corrected chi connectivity index (χ4v) is 3.61. The summed E-state index contributed by atoms with van der Waals surface area (Å²) in [6.07, 6.45) is 3.05. The summed E-state index contributed by atoms with van der Waals surface area (Å²) in [5.41, 5.74) is -0.590. The molecule has 2 aliphatic rings. The molecule has 0 aromatic rings. The Morgan fingerprint density at radius 3 is 2.60 bits per heavy atom. The molecule has 1 N–H and O–H groups in total. The van der Waals surface area contributed by atoms with E-state index in [0.29, 0.717) is 12.6 Å². The molecule has 1 aliphatic heterocycles. The fourth-order valence-electron chi connectivity index (χ4n) is 2.48. The highest BCUT2D eigenvalue weighted by molar-refractivity contribution is 7.85. The van der Waals surface area contributed by atoms with Crippen molar-refractivity contribution in [2.75, 3.05) is 37.7 Å². The molecule has 5 nitrogen and oxygen atoms in total. The average molecular weight is 302 g/mol. The second-order valence-electron chi connectivity index (χ2n) is 5.91. The van der Waals surface area contributed by atoms with E-state index in [2.05, 4.69) is 10.2 Å². The van der Waals surface area contributed by atoms with Gasteiger partial charge in [0.15, 0.2) is 0 Å². The summed E-state index contributed by atoms with van der Waals surface area (Å²) in [5.74, 6) is 1.37. The van der Waals surface area contributed by atoms with Crippen molar-refractivity contribution in [3.05, 3.63) is 0 Å². The van der Waals surface area contributed by atoms with E-state index in [1.165, 1.54) is 0 Å². The summed E-state index contributed by atoms with van der Waals surface area (Å²) in [5, 5.41) is 3.44. The van der Waals surface area contributed by atoms with Crippen LogP contribution in [0.15, 0.2) is 0 Å². The third kappa shape index (κ3) is 4.53. The first-order chi connectivity index (χ1) is 9.53. The van der Waals surface area contributed by atoms with Gasteiger partial charge in [-0.05, 0) is 33.1 Å². The van der Waals surface area contributed by atoms with Gasteiger partial charge in [-0.15, -0.1) is 0 Å². The van der Waals surface area contributed by atoms with Crippen molar-refractivity contribution in [1.82, 2.24) is 10.2 Å². The molecular formula is C14H26N2O3S. The standard InChI is InChI=1S/C14H26N2O3S/c1-3-19-13(17)14(2,15-12-4-5-12)6-7-16-8-10-20(18)11-9-16/h12,15H,3-11H2,1-2H3. The first-order valence-corrected chi connectivity index (χ1v) is 9.04. The Labute approximate surface area is 123 Å². The molecule has 1 saturated heterocycles. The first kappa shape index (κ1) is 15.9. The molecule has 0 radical (unpaired) electrons. The lowest BCUT2D eigenvalue weighted by Gasteiger charge is -2.33. The van der Waals surface area contributed by atoms with E-state index in [-0.39, 0.29) is 5.97 Å². The Balaban J connectivity index is 1.86. The predicted octanol–water partition coefficient (Wildman–Crippen LogP) is 0.515. The highest BCUT2D eigenvalue weighted by atomic mass is 32.2. The molecule has 20 heavy (non-hydrogen) atoms. The first-order valence-electron chi connectivity index (χ1n) is 7.56. The summed E-state index contributed by atoms with van der Waals surface area (Å²) in [7, 11) is -0.645. The van der Waals surface area contributed by atoms with E-state index in [0.717, 1.165) is 50.4 Å². The van der Waals surface area contributed by atoms with Crippen LogP contribution in [0.3, 0.4) is 0 Å². The van der Waals surface area contributed by atoms with Gasteiger partial charge < -0.3 is 9.64 Å². The molecule has 2 fully saturated rings. The van der Waals surface area contributed by atoms with E-state index in [4.69, 9.17) is 4.74 Å². The smallest absolute Gasteiger partial charge is 0.326 e. The number of hydrogen-bond acceptors (Lipinski definition) is 5. The van der Waals surface area contributed by atoms with Crippen molar-refractivity contribution in [3.8, 4) is 0 Å². The van der Waals surface area contributed by atoms with Crippen molar-refractivity contribution in [1.29, 1.82) is 0 Å². The van der Waals surface area contributed by atoms with E-state index < -0.39 is 16.3 Å². The molecule has 116 valence electrons. The Kier molecular flexibility index (Phi) is 5.57. The predicted molar refractivity (Wildman–Crippen MR) is 80.1 cm³/mol. The monoisotopic (exact) mass is 302 g/mol. The molecule has 0 spiro atoms. The summed E-state index contributed by atoms with van der Waals surface area (Å²) in [6, 6.07) is 0.471. The van der Waals surface area contributed by atoms with Crippen LogP contribution >= 0.6 is 0 Å². The van der Waals surface area contributed by atoms with Crippen molar-refractivity contribution >= 4 is 16.8 Å². The number of ether oxygens (including phenoxy) is 1. The van der Waals surface area contributed by atoms with Gasteiger partial charge in [-0.3, -0.25) is 14.3 Å². The Morgan fingerprint density at radius 2 is 2.05 bits per heavy atom. The van der Waals surface area contributed by atoms with Crippen molar-refractivity contribution < 1.29 is 13.7 Å². The minimum atomic E-state index is -0.645. The highest BCUT2D eigenvalue weighted by Crippen LogP contribution is 2.25. The molecule has 2 rings (SSSR count). The number of nitrogens with zero attached hydrogens (tertiary/aromatic N) is 1. The van der Waals surface area contributed by atoms with Crippen molar-refractivity contribution in [2.45, 2.75) is 44.7 Å². The molecule has 1 atom stereocenters. The second kappa shape index (κ2) is 7.00. The van der Waals surface area contributed by atoms with Crippen molar-refractivity contribution in [3.63, 3.8) is 0 Å². The maximum atomic E-state index is 12.2. The molecule has 1 aliphatic carbocycles. The maximum absolute atomic E-state index is 12.2. The minimum absolute atomic E-state index is 0.146. The number of carbonyl (C=O) groups is 1. The molecule has 0 bridgehead atoms. The van der Waals surface area contributed by atoms with Crippen LogP contribution in [-0.4, -0.2) is 64.4 Å². The van der Waals surface area contributed by atoms with Crippen LogP contribution < -0.4 is 5.32 Å². The van der Waals surface area contributed by atoms with Gasteiger partial charge in [0.05, 0.1) is 6.61 Å². The molecule has 1 saturated carbocycles. The summed E-state index contributed by atoms with van der Waals surface area (Å²) >= 11 is 0. The molecular weight excluding hydrogens is 276 g/mol. The lowest BCUT2D eigenvalue weighted by molar-refractivity contribution is -0.151. The van der Waals surface area contributed by atoms with Crippen LogP contribution in [0.4, 0.5) is 0 Å². The lowest BCUT2D eigenvalue weighted by Crippen LogP contribution is -2.53. The largest absolute Gasteiger partial charge is 0.465 e. The third-order valence-corrected chi connectivity index (χ3v) is 5.30. The maximum Gasteiger partial charge on any atom is 0.326 e. The van der Waals surface area contributed by atoms with Crippen LogP contribution in [0.2, 0.25) is 0 Å². The molecule has 1 unspecified atom stereocenters. The van der Waals surface area contributed by atoms with Crippen LogP contribution in [-0.2, 0) is 20.3 Å². The fraction of sp³-hybridized carbons (Fsp3) is 0.929. The zero-order valence-electron chi connectivity index (χ0n) is 12.5. The van der Waals surface area contributed by atoms with Crippen LogP contribution in [0.1, 0.15) is 33.1 Å². The average Bonchev–Trinajstić information content (AvgIpc) is 3.22. The van der Waals surface area contributed by atoms with Gasteiger partial charge >= 0.3 is 5.97 Å². The van der Waals surface area contributed by atoms with E-state index in [1.54, 1.807) is 0 Å². The number of hydrogen-bond donors (Lipinski definition) is 1. The molecule has 0 aromatic carbocycles. The van der Waals surface area contributed by atoms with Gasteiger partial charge in [-0.1, -0.05) is 0 Å². The Hall–Kier alpha value is -0.460. The minimum Gasteiger partial charge on any atom is -0.465 e. The number of nitrogens with one attached hydrogen (secondary N) is 1. The van der Waals surface area contributed by atoms with Gasteiger partial charge in [0, 0.05) is 48.0 Å². The second-order valence-corrected chi connectivity index (χ2v) is 7.61. The van der Waals surface area contributed by atoms with Gasteiger partial charge in [0.1, 0.15) is 5.54 Å². The Morgan fingerprint density at radius 1 is 1.40 bits per heavy atom. The summed E-state index contributed by atoms with van der Waals surface area (Å²) < 4.78 is 16.6. The van der Waals surface area contributed by atoms with Crippen LogP contribution in [0.5, 0.6) is 0 Å². The summed E-state index contributed by atoms with van der Waals surface area (Å²) in [6.45, 7) is 6.81. The molecule has 1 heterocycles. The zero-order valence-corrected chi connectivity index (χ0v) is 13.3. The highest BCUT2D eigenvalue weighted by Gasteiger charge is 2.39. The molecule has 6 heteroatoms. The lowest BCUT2D eigenvalue weighted by atomic mass is 9.97.